The monoisotopic (exact) mass is 170 g/mol. The minimum absolute atomic E-state index is 0.0824. The minimum Gasteiger partial charge on any atom is -0.322 e. The molecule has 11 heavy (non-hydrogen) atoms. The van der Waals surface area contributed by atoms with Gasteiger partial charge in [0.05, 0.1) is 11.7 Å². The van der Waals surface area contributed by atoms with Crippen LogP contribution in [0.3, 0.4) is 0 Å². The molecule has 0 saturated carbocycles. The summed E-state index contributed by atoms with van der Waals surface area (Å²) in [6.07, 6.45) is 1.07. The first-order chi connectivity index (χ1) is 5.15. The zero-order chi connectivity index (χ0) is 8.43. The Bertz CT molecular complexity index is 240. The Morgan fingerprint density at radius 2 is 2.27 bits per heavy atom. The van der Waals surface area contributed by atoms with Gasteiger partial charge >= 0.3 is 0 Å². The van der Waals surface area contributed by atoms with Crippen LogP contribution in [0.2, 0.25) is 0 Å². The Morgan fingerprint density at radius 3 is 2.55 bits per heavy atom. The third-order valence-electron chi connectivity index (χ3n) is 1.62. The van der Waals surface area contributed by atoms with Gasteiger partial charge in [-0.15, -0.1) is 11.3 Å². The van der Waals surface area contributed by atoms with Crippen molar-refractivity contribution in [2.75, 3.05) is 0 Å². The zero-order valence-corrected chi connectivity index (χ0v) is 8.03. The van der Waals surface area contributed by atoms with E-state index in [1.54, 1.807) is 11.3 Å². The molecular formula is C8H14N2S. The fourth-order valence-electron chi connectivity index (χ4n) is 0.973. The van der Waals surface area contributed by atoms with E-state index in [0.717, 1.165) is 17.1 Å². The Kier molecular flexibility index (Phi) is 2.62. The summed E-state index contributed by atoms with van der Waals surface area (Å²) in [6, 6.07) is 0.0824. The smallest absolute Gasteiger partial charge is 0.110 e. The van der Waals surface area contributed by atoms with Crippen LogP contribution >= 0.6 is 11.3 Å². The molecule has 2 N–H and O–H groups in total. The molecule has 1 heterocycles. The molecule has 0 spiro atoms. The molecule has 0 aliphatic heterocycles. The van der Waals surface area contributed by atoms with Crippen molar-refractivity contribution in [3.05, 3.63) is 15.6 Å². The third-order valence-corrected chi connectivity index (χ3v) is 3.12. The first-order valence-electron chi connectivity index (χ1n) is 3.87. The maximum Gasteiger partial charge on any atom is 0.110 e. The lowest BCUT2D eigenvalue weighted by molar-refractivity contribution is 0.802. The SMILES string of the molecule is CCc1sc(C(C)N)nc1C. The van der Waals surface area contributed by atoms with Crippen molar-refractivity contribution in [1.82, 2.24) is 4.98 Å². The molecule has 3 heteroatoms. The van der Waals surface area contributed by atoms with Crippen molar-refractivity contribution < 1.29 is 0 Å². The van der Waals surface area contributed by atoms with Gasteiger partial charge in [0.1, 0.15) is 5.01 Å². The lowest BCUT2D eigenvalue weighted by atomic mass is 10.3. The van der Waals surface area contributed by atoms with E-state index in [9.17, 15) is 0 Å². The highest BCUT2D eigenvalue weighted by molar-refractivity contribution is 7.11. The molecule has 62 valence electrons. The summed E-state index contributed by atoms with van der Waals surface area (Å²) in [5, 5.41) is 1.05. The number of thiazole rings is 1. The van der Waals surface area contributed by atoms with E-state index >= 15 is 0 Å². The van der Waals surface area contributed by atoms with Gasteiger partial charge in [0.2, 0.25) is 0 Å². The number of hydrogen-bond acceptors (Lipinski definition) is 3. The van der Waals surface area contributed by atoms with E-state index in [1.165, 1.54) is 4.88 Å². The molecule has 0 radical (unpaired) electrons. The van der Waals surface area contributed by atoms with Gasteiger partial charge in [0.15, 0.2) is 0 Å². The Labute approximate surface area is 71.5 Å². The van der Waals surface area contributed by atoms with Crippen molar-refractivity contribution in [1.29, 1.82) is 0 Å². The van der Waals surface area contributed by atoms with Crippen molar-refractivity contribution >= 4 is 11.3 Å². The van der Waals surface area contributed by atoms with Gasteiger partial charge in [-0.3, -0.25) is 0 Å². The topological polar surface area (TPSA) is 38.9 Å². The van der Waals surface area contributed by atoms with E-state index in [-0.39, 0.29) is 6.04 Å². The molecule has 1 rings (SSSR count). The number of nitrogens with two attached hydrogens (primary N) is 1. The van der Waals surface area contributed by atoms with Gasteiger partial charge in [0, 0.05) is 4.88 Å². The first kappa shape index (κ1) is 8.68. The number of hydrogen-bond donors (Lipinski definition) is 1. The standard InChI is InChI=1S/C8H14N2S/c1-4-7-6(3)10-8(11-7)5(2)9/h5H,4,9H2,1-3H3. The maximum atomic E-state index is 5.70. The summed E-state index contributed by atoms with van der Waals surface area (Å²) in [5.74, 6) is 0. The summed E-state index contributed by atoms with van der Waals surface area (Å²) in [4.78, 5) is 5.73. The average molecular weight is 170 g/mol. The maximum absolute atomic E-state index is 5.70. The highest BCUT2D eigenvalue weighted by Gasteiger charge is 2.08. The highest BCUT2D eigenvalue weighted by atomic mass is 32.1. The van der Waals surface area contributed by atoms with Gasteiger partial charge in [-0.1, -0.05) is 6.92 Å². The second-order valence-corrected chi connectivity index (χ2v) is 3.82. The predicted molar refractivity (Wildman–Crippen MR) is 48.8 cm³/mol. The number of nitrogens with zero attached hydrogens (tertiary/aromatic N) is 1. The van der Waals surface area contributed by atoms with Crippen LogP contribution in [0.1, 0.15) is 35.5 Å². The van der Waals surface area contributed by atoms with E-state index < -0.39 is 0 Å². The molecule has 2 nitrogen and oxygen atoms in total. The molecule has 1 aromatic rings. The number of aromatic nitrogens is 1. The molecule has 0 aromatic carbocycles. The molecule has 0 saturated heterocycles. The molecular weight excluding hydrogens is 156 g/mol. The van der Waals surface area contributed by atoms with Crippen molar-refractivity contribution in [2.45, 2.75) is 33.2 Å². The second-order valence-electron chi connectivity index (χ2n) is 2.70. The Morgan fingerprint density at radius 1 is 1.64 bits per heavy atom. The second kappa shape index (κ2) is 3.32. The van der Waals surface area contributed by atoms with Gasteiger partial charge in [0.25, 0.3) is 0 Å². The van der Waals surface area contributed by atoms with Gasteiger partial charge in [-0.2, -0.15) is 0 Å². The lowest BCUT2D eigenvalue weighted by Crippen LogP contribution is -2.03. The van der Waals surface area contributed by atoms with E-state index in [2.05, 4.69) is 11.9 Å². The van der Waals surface area contributed by atoms with E-state index in [4.69, 9.17) is 5.73 Å². The number of aryl methyl sites for hydroxylation is 2. The van der Waals surface area contributed by atoms with Crippen molar-refractivity contribution in [3.63, 3.8) is 0 Å². The summed E-state index contributed by atoms with van der Waals surface area (Å²) in [7, 11) is 0. The van der Waals surface area contributed by atoms with Crippen LogP contribution in [0, 0.1) is 6.92 Å². The number of rotatable bonds is 2. The van der Waals surface area contributed by atoms with Gasteiger partial charge in [-0.05, 0) is 20.3 Å². The van der Waals surface area contributed by atoms with Crippen LogP contribution in [0.25, 0.3) is 0 Å². The fraction of sp³-hybridized carbons (Fsp3) is 0.625. The lowest BCUT2D eigenvalue weighted by Gasteiger charge is -1.95. The first-order valence-corrected chi connectivity index (χ1v) is 4.68. The molecule has 1 aromatic heterocycles. The van der Waals surface area contributed by atoms with Crippen molar-refractivity contribution in [3.8, 4) is 0 Å². The summed E-state index contributed by atoms with van der Waals surface area (Å²) < 4.78 is 0. The quantitative estimate of drug-likeness (QED) is 0.737. The summed E-state index contributed by atoms with van der Waals surface area (Å²) in [6.45, 7) is 6.16. The van der Waals surface area contributed by atoms with Gasteiger partial charge in [-0.25, -0.2) is 4.98 Å². The molecule has 0 aliphatic rings. The Balaban J connectivity index is 2.95. The molecule has 0 aliphatic carbocycles. The van der Waals surface area contributed by atoms with E-state index in [0.29, 0.717) is 0 Å². The van der Waals surface area contributed by atoms with Crippen LogP contribution < -0.4 is 5.73 Å². The van der Waals surface area contributed by atoms with Crippen LogP contribution in [0.15, 0.2) is 0 Å². The van der Waals surface area contributed by atoms with E-state index in [1.807, 2.05) is 13.8 Å². The minimum atomic E-state index is 0.0824. The molecule has 0 amide bonds. The zero-order valence-electron chi connectivity index (χ0n) is 7.22. The largest absolute Gasteiger partial charge is 0.322 e. The van der Waals surface area contributed by atoms with Crippen molar-refractivity contribution in [2.24, 2.45) is 5.73 Å². The Hall–Kier alpha value is -0.410. The van der Waals surface area contributed by atoms with Crippen LogP contribution in [-0.4, -0.2) is 4.98 Å². The molecule has 1 atom stereocenters. The highest BCUT2D eigenvalue weighted by Crippen LogP contribution is 2.22. The van der Waals surface area contributed by atoms with Crippen LogP contribution in [0.5, 0.6) is 0 Å². The predicted octanol–water partition coefficient (Wildman–Crippen LogP) is 2.03. The molecule has 0 bridgehead atoms. The normalized spacial score (nSPS) is 13.5. The van der Waals surface area contributed by atoms with Gasteiger partial charge < -0.3 is 5.73 Å². The summed E-state index contributed by atoms with van der Waals surface area (Å²) in [5.41, 5.74) is 6.84. The third kappa shape index (κ3) is 1.79. The molecule has 1 unspecified atom stereocenters. The average Bonchev–Trinajstić information content (AvgIpc) is 2.31. The fourth-order valence-corrected chi connectivity index (χ4v) is 1.93. The van der Waals surface area contributed by atoms with Crippen LogP contribution in [0.4, 0.5) is 0 Å². The summed E-state index contributed by atoms with van der Waals surface area (Å²) >= 11 is 1.73. The van der Waals surface area contributed by atoms with Crippen LogP contribution in [-0.2, 0) is 6.42 Å². The molecule has 0 fully saturated rings.